The summed E-state index contributed by atoms with van der Waals surface area (Å²) in [7, 11) is -3.14. The molecule has 4 rings (SSSR count). The first-order valence-corrected chi connectivity index (χ1v) is 12.9. The van der Waals surface area contributed by atoms with E-state index in [0.29, 0.717) is 18.7 Å². The Balaban J connectivity index is 1.61. The largest absolute Gasteiger partial charge is 0.355 e. The molecular formula is C23H26N2O4S2. The van der Waals surface area contributed by atoms with E-state index in [2.05, 4.69) is 38.1 Å². The molecule has 164 valence electrons. The van der Waals surface area contributed by atoms with E-state index >= 15 is 0 Å². The van der Waals surface area contributed by atoms with Crippen LogP contribution in [0.2, 0.25) is 0 Å². The molecule has 3 heterocycles. The number of carbonyl (C=O) groups is 1. The summed E-state index contributed by atoms with van der Waals surface area (Å²) in [6.45, 7) is 6.77. The highest BCUT2D eigenvalue weighted by Crippen LogP contribution is 2.28. The summed E-state index contributed by atoms with van der Waals surface area (Å²) in [5.74, 6) is 0.304. The predicted molar refractivity (Wildman–Crippen MR) is 122 cm³/mol. The minimum atomic E-state index is -3.14. The molecule has 0 bridgehead atoms. The zero-order chi connectivity index (χ0) is 22.2. The normalized spacial score (nSPS) is 18.2. The summed E-state index contributed by atoms with van der Waals surface area (Å²) in [4.78, 5) is 15.9. The molecule has 8 heteroatoms. The highest BCUT2D eigenvalue weighted by atomic mass is 32.2. The fourth-order valence-corrected chi connectivity index (χ4v) is 6.16. The summed E-state index contributed by atoms with van der Waals surface area (Å²) < 4.78 is 29.6. The van der Waals surface area contributed by atoms with Crippen LogP contribution >= 0.6 is 11.3 Å². The third kappa shape index (κ3) is 4.91. The Morgan fingerprint density at radius 3 is 2.55 bits per heavy atom. The molecular weight excluding hydrogens is 432 g/mol. The van der Waals surface area contributed by atoms with Gasteiger partial charge in [-0.25, -0.2) is 8.42 Å². The molecule has 6 nitrogen and oxygen atoms in total. The molecule has 2 aromatic heterocycles. The molecule has 0 radical (unpaired) electrons. The van der Waals surface area contributed by atoms with E-state index in [1.54, 1.807) is 11.0 Å². The Morgan fingerprint density at radius 2 is 1.97 bits per heavy atom. The van der Waals surface area contributed by atoms with Gasteiger partial charge >= 0.3 is 0 Å². The SMILES string of the molecule is CC(C)(C)c1ccc(CN(C(=O)c2cc(-c3cccs3)on2)[C@@H]2CCS(=O)(=O)C2)cc1. The van der Waals surface area contributed by atoms with Gasteiger partial charge < -0.3 is 9.42 Å². The highest BCUT2D eigenvalue weighted by molar-refractivity contribution is 7.91. The number of nitrogens with zero attached hydrogens (tertiary/aromatic N) is 2. The fraction of sp³-hybridized carbons (Fsp3) is 0.391. The molecule has 0 N–H and O–H groups in total. The monoisotopic (exact) mass is 458 g/mol. The number of rotatable bonds is 5. The molecule has 0 aliphatic carbocycles. The van der Waals surface area contributed by atoms with Gasteiger partial charge in [0.1, 0.15) is 0 Å². The summed E-state index contributed by atoms with van der Waals surface area (Å²) in [5.41, 5.74) is 2.38. The Morgan fingerprint density at radius 1 is 1.23 bits per heavy atom. The second kappa shape index (κ2) is 8.24. The molecule has 0 unspecified atom stereocenters. The van der Waals surface area contributed by atoms with E-state index in [1.807, 2.05) is 29.6 Å². The second-order valence-electron chi connectivity index (χ2n) is 8.99. The molecule has 1 amide bonds. The van der Waals surface area contributed by atoms with Gasteiger partial charge in [0.2, 0.25) is 0 Å². The van der Waals surface area contributed by atoms with Gasteiger partial charge in [0.05, 0.1) is 16.4 Å². The van der Waals surface area contributed by atoms with Crippen LogP contribution in [0, 0.1) is 0 Å². The van der Waals surface area contributed by atoms with Crippen LogP contribution in [0.1, 0.15) is 48.8 Å². The highest BCUT2D eigenvalue weighted by Gasteiger charge is 2.36. The van der Waals surface area contributed by atoms with Gasteiger partial charge in [-0.15, -0.1) is 11.3 Å². The van der Waals surface area contributed by atoms with Crippen molar-refractivity contribution in [2.24, 2.45) is 0 Å². The van der Waals surface area contributed by atoms with Crippen LogP contribution in [0.15, 0.2) is 52.4 Å². The number of amides is 1. The summed E-state index contributed by atoms with van der Waals surface area (Å²) in [6.07, 6.45) is 0.434. The third-order valence-corrected chi connectivity index (χ3v) is 8.21. The van der Waals surface area contributed by atoms with Crippen molar-refractivity contribution in [2.45, 2.75) is 45.2 Å². The standard InChI is InChI=1S/C23H26N2O4S2/c1-23(2,3)17-8-6-16(7-9-17)14-25(18-10-12-31(27,28)15-18)22(26)19-13-20(29-24-19)21-5-4-11-30-21/h4-9,11,13,18H,10,12,14-15H2,1-3H3/t18-/m1/s1. The topological polar surface area (TPSA) is 80.5 Å². The van der Waals surface area contributed by atoms with E-state index < -0.39 is 9.84 Å². The van der Waals surface area contributed by atoms with Crippen molar-refractivity contribution < 1.29 is 17.7 Å². The van der Waals surface area contributed by atoms with Crippen molar-refractivity contribution in [3.05, 3.63) is 64.7 Å². The molecule has 1 saturated heterocycles. The summed E-state index contributed by atoms with van der Waals surface area (Å²) in [5, 5.41) is 5.91. The van der Waals surface area contributed by atoms with Crippen LogP contribution < -0.4 is 0 Å². The smallest absolute Gasteiger partial charge is 0.276 e. The van der Waals surface area contributed by atoms with Gasteiger partial charge in [-0.05, 0) is 34.4 Å². The van der Waals surface area contributed by atoms with Gasteiger partial charge in [0.25, 0.3) is 5.91 Å². The molecule has 1 fully saturated rings. The molecule has 31 heavy (non-hydrogen) atoms. The first-order chi connectivity index (χ1) is 14.6. The lowest BCUT2D eigenvalue weighted by molar-refractivity contribution is 0.0670. The molecule has 0 saturated carbocycles. The Bertz CT molecular complexity index is 1160. The number of hydrogen-bond donors (Lipinski definition) is 0. The maximum absolute atomic E-state index is 13.4. The molecule has 0 spiro atoms. The molecule has 1 aliphatic rings. The molecule has 1 aromatic carbocycles. The van der Waals surface area contributed by atoms with Crippen LogP contribution in [0.25, 0.3) is 10.6 Å². The van der Waals surface area contributed by atoms with Crippen molar-refractivity contribution >= 4 is 27.1 Å². The van der Waals surface area contributed by atoms with E-state index in [0.717, 1.165) is 10.4 Å². The second-order valence-corrected chi connectivity index (χ2v) is 12.2. The first-order valence-electron chi connectivity index (χ1n) is 10.2. The lowest BCUT2D eigenvalue weighted by atomic mass is 9.86. The predicted octanol–water partition coefficient (Wildman–Crippen LogP) is 4.53. The van der Waals surface area contributed by atoms with E-state index in [1.165, 1.54) is 16.9 Å². The maximum atomic E-state index is 13.4. The van der Waals surface area contributed by atoms with Gasteiger partial charge in [-0.3, -0.25) is 4.79 Å². The van der Waals surface area contributed by atoms with Crippen LogP contribution in [-0.4, -0.2) is 41.9 Å². The van der Waals surface area contributed by atoms with Crippen molar-refractivity contribution in [1.82, 2.24) is 10.1 Å². The quantitative estimate of drug-likeness (QED) is 0.561. The summed E-state index contributed by atoms with van der Waals surface area (Å²) in [6, 6.07) is 13.2. The molecule has 1 aliphatic heterocycles. The number of hydrogen-bond acceptors (Lipinski definition) is 6. The fourth-order valence-electron chi connectivity index (χ4n) is 3.75. The van der Waals surface area contributed by atoms with Crippen molar-refractivity contribution in [3.63, 3.8) is 0 Å². The number of sulfone groups is 1. The van der Waals surface area contributed by atoms with Crippen molar-refractivity contribution in [1.29, 1.82) is 0 Å². The minimum absolute atomic E-state index is 0.0194. The van der Waals surface area contributed by atoms with E-state index in [4.69, 9.17) is 4.52 Å². The Labute approximate surface area is 186 Å². The van der Waals surface area contributed by atoms with Crippen LogP contribution in [-0.2, 0) is 21.8 Å². The average molecular weight is 459 g/mol. The van der Waals surface area contributed by atoms with Gasteiger partial charge in [0.15, 0.2) is 21.3 Å². The van der Waals surface area contributed by atoms with Gasteiger partial charge in [0, 0.05) is 18.7 Å². The molecule has 1 atom stereocenters. The third-order valence-electron chi connectivity index (χ3n) is 5.58. The molecule has 3 aromatic rings. The first kappa shape index (κ1) is 21.8. The zero-order valence-corrected chi connectivity index (χ0v) is 19.5. The average Bonchev–Trinajstić information content (AvgIpc) is 3.45. The minimum Gasteiger partial charge on any atom is -0.355 e. The number of carbonyl (C=O) groups excluding carboxylic acids is 1. The van der Waals surface area contributed by atoms with Crippen LogP contribution in [0.4, 0.5) is 0 Å². The van der Waals surface area contributed by atoms with Gasteiger partial charge in [-0.2, -0.15) is 0 Å². The van der Waals surface area contributed by atoms with Crippen molar-refractivity contribution in [3.8, 4) is 10.6 Å². The van der Waals surface area contributed by atoms with E-state index in [9.17, 15) is 13.2 Å². The number of benzene rings is 1. The summed E-state index contributed by atoms with van der Waals surface area (Å²) >= 11 is 1.50. The van der Waals surface area contributed by atoms with Crippen LogP contribution in [0.5, 0.6) is 0 Å². The van der Waals surface area contributed by atoms with Crippen molar-refractivity contribution in [2.75, 3.05) is 11.5 Å². The zero-order valence-electron chi connectivity index (χ0n) is 17.9. The Hall–Kier alpha value is -2.45. The lowest BCUT2D eigenvalue weighted by Gasteiger charge is -2.28. The lowest BCUT2D eigenvalue weighted by Crippen LogP contribution is -2.40. The van der Waals surface area contributed by atoms with Gasteiger partial charge in [-0.1, -0.05) is 56.3 Å². The van der Waals surface area contributed by atoms with E-state index in [-0.39, 0.29) is 34.6 Å². The van der Waals surface area contributed by atoms with Crippen LogP contribution in [0.3, 0.4) is 0 Å². The number of aromatic nitrogens is 1. The Kier molecular flexibility index (Phi) is 5.79. The maximum Gasteiger partial charge on any atom is 0.276 e. The number of thiophene rings is 1.